The second-order valence-electron chi connectivity index (χ2n) is 3.60. The fourth-order valence-corrected chi connectivity index (χ4v) is 2.44. The van der Waals surface area contributed by atoms with Crippen LogP contribution in [0, 0.1) is 5.92 Å². The molecule has 2 nitrogen and oxygen atoms in total. The Morgan fingerprint density at radius 1 is 1.36 bits per heavy atom. The molecule has 0 radical (unpaired) electrons. The van der Waals surface area contributed by atoms with E-state index in [0.29, 0.717) is 5.92 Å². The van der Waals surface area contributed by atoms with Gasteiger partial charge < -0.3 is 9.47 Å². The molecular weight excluding hydrogens is 140 g/mol. The van der Waals surface area contributed by atoms with Crippen LogP contribution >= 0.6 is 0 Å². The Balaban J connectivity index is 2.12. The van der Waals surface area contributed by atoms with Gasteiger partial charge in [0.2, 0.25) is 0 Å². The monoisotopic (exact) mass is 156 g/mol. The van der Waals surface area contributed by atoms with E-state index in [2.05, 4.69) is 0 Å². The Labute approximate surface area is 67.9 Å². The van der Waals surface area contributed by atoms with Crippen molar-refractivity contribution < 1.29 is 9.47 Å². The van der Waals surface area contributed by atoms with E-state index in [-0.39, 0.29) is 5.79 Å². The number of hydrogen-bond acceptors (Lipinski definition) is 2. The minimum atomic E-state index is -0.168. The predicted molar refractivity (Wildman–Crippen MR) is 42.3 cm³/mol. The first-order valence-electron chi connectivity index (χ1n) is 4.56. The van der Waals surface area contributed by atoms with E-state index >= 15 is 0 Å². The molecule has 0 amide bonds. The van der Waals surface area contributed by atoms with Crippen molar-refractivity contribution in [1.82, 2.24) is 0 Å². The first-order chi connectivity index (χ1) is 5.37. The lowest BCUT2D eigenvalue weighted by Gasteiger charge is -2.36. The van der Waals surface area contributed by atoms with E-state index in [1.807, 2.05) is 0 Å². The van der Waals surface area contributed by atoms with E-state index in [1.165, 1.54) is 25.7 Å². The highest BCUT2D eigenvalue weighted by atomic mass is 16.7. The van der Waals surface area contributed by atoms with Gasteiger partial charge in [0.15, 0.2) is 5.79 Å². The van der Waals surface area contributed by atoms with Crippen molar-refractivity contribution in [2.45, 2.75) is 37.9 Å². The lowest BCUT2D eigenvalue weighted by molar-refractivity contribution is -0.228. The lowest BCUT2D eigenvalue weighted by atomic mass is 9.83. The molecule has 1 saturated carbocycles. The van der Waals surface area contributed by atoms with Crippen LogP contribution in [0.25, 0.3) is 0 Å². The van der Waals surface area contributed by atoms with Crippen LogP contribution < -0.4 is 0 Å². The van der Waals surface area contributed by atoms with Crippen molar-refractivity contribution in [3.05, 3.63) is 0 Å². The Kier molecular flexibility index (Phi) is 1.90. The van der Waals surface area contributed by atoms with E-state index in [0.717, 1.165) is 13.0 Å². The molecule has 2 atom stereocenters. The number of hydrogen-bond donors (Lipinski definition) is 0. The van der Waals surface area contributed by atoms with Gasteiger partial charge in [0.1, 0.15) is 0 Å². The highest BCUT2D eigenvalue weighted by molar-refractivity contribution is 4.87. The molecule has 0 aromatic rings. The molecule has 11 heavy (non-hydrogen) atoms. The summed E-state index contributed by atoms with van der Waals surface area (Å²) in [5.74, 6) is 0.513. The highest BCUT2D eigenvalue weighted by Gasteiger charge is 2.45. The molecule has 1 aliphatic carbocycles. The van der Waals surface area contributed by atoms with Crippen molar-refractivity contribution in [1.29, 1.82) is 0 Å². The molecule has 0 N–H and O–H groups in total. The van der Waals surface area contributed by atoms with Crippen LogP contribution in [0.4, 0.5) is 0 Å². The number of rotatable bonds is 1. The van der Waals surface area contributed by atoms with Gasteiger partial charge in [-0.05, 0) is 19.3 Å². The van der Waals surface area contributed by atoms with Crippen molar-refractivity contribution in [2.24, 2.45) is 5.92 Å². The van der Waals surface area contributed by atoms with Crippen molar-refractivity contribution in [3.8, 4) is 0 Å². The van der Waals surface area contributed by atoms with Gasteiger partial charge in [-0.2, -0.15) is 0 Å². The molecule has 0 aromatic heterocycles. The summed E-state index contributed by atoms with van der Waals surface area (Å²) in [4.78, 5) is 0. The van der Waals surface area contributed by atoms with Gasteiger partial charge in [-0.1, -0.05) is 6.42 Å². The van der Waals surface area contributed by atoms with Gasteiger partial charge in [0.25, 0.3) is 0 Å². The molecule has 2 rings (SSSR count). The Morgan fingerprint density at radius 3 is 3.00 bits per heavy atom. The summed E-state index contributed by atoms with van der Waals surface area (Å²) in [6.45, 7) is 0.901. The number of ether oxygens (including phenoxy) is 2. The van der Waals surface area contributed by atoms with Crippen LogP contribution in [0.1, 0.15) is 32.1 Å². The third-order valence-corrected chi connectivity index (χ3v) is 3.11. The fraction of sp³-hybridized carbons (Fsp3) is 1.00. The Hall–Kier alpha value is -0.0800. The van der Waals surface area contributed by atoms with Crippen molar-refractivity contribution in [2.75, 3.05) is 13.7 Å². The zero-order valence-electron chi connectivity index (χ0n) is 7.14. The van der Waals surface area contributed by atoms with Crippen molar-refractivity contribution >= 4 is 0 Å². The summed E-state index contributed by atoms with van der Waals surface area (Å²) < 4.78 is 11.2. The zero-order valence-corrected chi connectivity index (χ0v) is 7.14. The van der Waals surface area contributed by atoms with Gasteiger partial charge in [0.05, 0.1) is 6.61 Å². The molecule has 64 valence electrons. The molecule has 1 aliphatic heterocycles. The standard InChI is InChI=1S/C9H16O2/c1-10-9-6-3-2-4-8(9)5-7-11-9/h8H,2-7H2,1H3. The summed E-state index contributed by atoms with van der Waals surface area (Å²) >= 11 is 0. The summed E-state index contributed by atoms with van der Waals surface area (Å²) in [5, 5.41) is 0. The molecule has 0 bridgehead atoms. The maximum atomic E-state index is 5.67. The minimum absolute atomic E-state index is 0.168. The second kappa shape index (κ2) is 2.76. The molecule has 2 unspecified atom stereocenters. The minimum Gasteiger partial charge on any atom is -0.353 e. The fourth-order valence-electron chi connectivity index (χ4n) is 2.44. The molecule has 2 heteroatoms. The largest absolute Gasteiger partial charge is 0.353 e. The molecule has 2 aliphatic rings. The zero-order chi connectivity index (χ0) is 7.73. The van der Waals surface area contributed by atoms with Crippen LogP contribution in [0.15, 0.2) is 0 Å². The van der Waals surface area contributed by atoms with Crippen LogP contribution in [-0.2, 0) is 9.47 Å². The maximum absolute atomic E-state index is 5.67. The lowest BCUT2D eigenvalue weighted by Crippen LogP contribution is -2.39. The molecule has 0 spiro atoms. The number of fused-ring (bicyclic) bond motifs is 1. The van der Waals surface area contributed by atoms with Gasteiger partial charge in [-0.15, -0.1) is 0 Å². The average molecular weight is 156 g/mol. The van der Waals surface area contributed by atoms with E-state index in [4.69, 9.17) is 9.47 Å². The van der Waals surface area contributed by atoms with Gasteiger partial charge >= 0.3 is 0 Å². The van der Waals surface area contributed by atoms with E-state index in [1.54, 1.807) is 7.11 Å². The maximum Gasteiger partial charge on any atom is 0.170 e. The summed E-state index contributed by atoms with van der Waals surface area (Å²) in [7, 11) is 1.78. The topological polar surface area (TPSA) is 18.5 Å². The third-order valence-electron chi connectivity index (χ3n) is 3.11. The summed E-state index contributed by atoms with van der Waals surface area (Å²) in [6, 6.07) is 0. The normalized spacial score (nSPS) is 43.9. The molecular formula is C9H16O2. The van der Waals surface area contributed by atoms with Crippen LogP contribution in [-0.4, -0.2) is 19.5 Å². The average Bonchev–Trinajstić information content (AvgIpc) is 2.48. The SMILES string of the molecule is COC12CCCCC1CCO2. The van der Waals surface area contributed by atoms with Crippen LogP contribution in [0.5, 0.6) is 0 Å². The summed E-state index contributed by atoms with van der Waals surface area (Å²) in [5.41, 5.74) is 0. The first-order valence-corrected chi connectivity index (χ1v) is 4.56. The first kappa shape index (κ1) is 7.56. The molecule has 2 fully saturated rings. The quantitative estimate of drug-likeness (QED) is 0.577. The Bertz CT molecular complexity index is 146. The van der Waals surface area contributed by atoms with E-state index < -0.39 is 0 Å². The van der Waals surface area contributed by atoms with Gasteiger partial charge in [-0.3, -0.25) is 0 Å². The summed E-state index contributed by atoms with van der Waals surface area (Å²) in [6.07, 6.45) is 6.24. The Morgan fingerprint density at radius 2 is 2.27 bits per heavy atom. The van der Waals surface area contributed by atoms with Gasteiger partial charge in [0, 0.05) is 19.4 Å². The van der Waals surface area contributed by atoms with E-state index in [9.17, 15) is 0 Å². The van der Waals surface area contributed by atoms with Crippen molar-refractivity contribution in [3.63, 3.8) is 0 Å². The highest BCUT2D eigenvalue weighted by Crippen LogP contribution is 2.43. The molecule has 1 heterocycles. The predicted octanol–water partition coefficient (Wildman–Crippen LogP) is 1.94. The smallest absolute Gasteiger partial charge is 0.170 e. The van der Waals surface area contributed by atoms with Crippen LogP contribution in [0.3, 0.4) is 0 Å². The van der Waals surface area contributed by atoms with Gasteiger partial charge in [-0.25, -0.2) is 0 Å². The molecule has 0 aromatic carbocycles. The number of methoxy groups -OCH3 is 1. The second-order valence-corrected chi connectivity index (χ2v) is 3.60. The third kappa shape index (κ3) is 1.09. The molecule has 1 saturated heterocycles. The van der Waals surface area contributed by atoms with Crippen LogP contribution in [0.2, 0.25) is 0 Å².